The van der Waals surface area contributed by atoms with Gasteiger partial charge in [0.25, 0.3) is 0 Å². The van der Waals surface area contributed by atoms with Crippen LogP contribution < -0.4 is 15.5 Å². The van der Waals surface area contributed by atoms with Gasteiger partial charge in [-0.1, -0.05) is 18.2 Å². The summed E-state index contributed by atoms with van der Waals surface area (Å²) in [5.41, 5.74) is 3.83. The molecule has 0 aliphatic carbocycles. The van der Waals surface area contributed by atoms with Gasteiger partial charge >= 0.3 is 6.03 Å². The van der Waals surface area contributed by atoms with E-state index in [1.807, 2.05) is 42.3 Å². The molecule has 7 heteroatoms. The number of rotatable bonds is 5. The van der Waals surface area contributed by atoms with Crippen LogP contribution in [0.15, 0.2) is 48.5 Å². The Morgan fingerprint density at radius 3 is 2.53 bits per heavy atom. The van der Waals surface area contributed by atoms with Crippen molar-refractivity contribution >= 4 is 17.4 Å². The second-order valence-corrected chi connectivity index (χ2v) is 8.63. The Kier molecular flexibility index (Phi) is 7.25. The highest BCUT2D eigenvalue weighted by Crippen LogP contribution is 2.21. The van der Waals surface area contributed by atoms with E-state index in [9.17, 15) is 4.79 Å². The molecule has 2 aromatic carbocycles. The summed E-state index contributed by atoms with van der Waals surface area (Å²) in [5, 5.41) is 16.0. The molecule has 2 aromatic rings. The summed E-state index contributed by atoms with van der Waals surface area (Å²) in [5.74, 6) is 0. The molecule has 0 saturated carbocycles. The summed E-state index contributed by atoms with van der Waals surface area (Å²) < 4.78 is 0. The van der Waals surface area contributed by atoms with E-state index in [0.29, 0.717) is 11.6 Å². The van der Waals surface area contributed by atoms with Crippen LogP contribution in [0.3, 0.4) is 0 Å². The third-order valence-corrected chi connectivity index (χ3v) is 6.35. The maximum absolute atomic E-state index is 13.0. The molecule has 0 aromatic heterocycles. The number of urea groups is 1. The maximum Gasteiger partial charge on any atom is 0.324 e. The lowest BCUT2D eigenvalue weighted by Crippen LogP contribution is -2.47. The SMILES string of the molecule is CN(C(=O)N1CCC(Nc2cccc(C#N)c2)CC1)c1ccc(CN2CCNCC2)cc1. The summed E-state index contributed by atoms with van der Waals surface area (Å²) in [6.07, 6.45) is 1.78. The molecule has 168 valence electrons. The van der Waals surface area contributed by atoms with Crippen molar-refractivity contribution < 1.29 is 4.79 Å². The second kappa shape index (κ2) is 10.5. The van der Waals surface area contributed by atoms with Crippen molar-refractivity contribution in [2.45, 2.75) is 25.4 Å². The minimum atomic E-state index is 0.0461. The van der Waals surface area contributed by atoms with Crippen LogP contribution in [0.5, 0.6) is 0 Å². The van der Waals surface area contributed by atoms with Crippen molar-refractivity contribution in [1.29, 1.82) is 5.26 Å². The van der Waals surface area contributed by atoms with Crippen LogP contribution in [0.2, 0.25) is 0 Å². The summed E-state index contributed by atoms with van der Waals surface area (Å²) in [7, 11) is 1.85. The molecule has 32 heavy (non-hydrogen) atoms. The van der Waals surface area contributed by atoms with E-state index >= 15 is 0 Å². The quantitative estimate of drug-likeness (QED) is 0.760. The first-order valence-electron chi connectivity index (χ1n) is 11.4. The Bertz CT molecular complexity index is 940. The summed E-state index contributed by atoms with van der Waals surface area (Å²) in [6.45, 7) is 6.65. The van der Waals surface area contributed by atoms with Gasteiger partial charge in [0.2, 0.25) is 0 Å². The van der Waals surface area contributed by atoms with E-state index in [4.69, 9.17) is 5.26 Å². The number of nitrogens with zero attached hydrogens (tertiary/aromatic N) is 4. The minimum Gasteiger partial charge on any atom is -0.382 e. The molecule has 7 nitrogen and oxygen atoms in total. The second-order valence-electron chi connectivity index (χ2n) is 8.63. The van der Waals surface area contributed by atoms with Crippen LogP contribution in [0.25, 0.3) is 0 Å². The lowest BCUT2D eigenvalue weighted by Gasteiger charge is -2.35. The van der Waals surface area contributed by atoms with Crippen molar-refractivity contribution in [1.82, 2.24) is 15.1 Å². The number of nitrogens with one attached hydrogen (secondary N) is 2. The van der Waals surface area contributed by atoms with Gasteiger partial charge in [0.05, 0.1) is 11.6 Å². The molecule has 2 N–H and O–H groups in total. The zero-order valence-electron chi connectivity index (χ0n) is 18.8. The molecular weight excluding hydrogens is 400 g/mol. The Balaban J connectivity index is 1.27. The van der Waals surface area contributed by atoms with Gasteiger partial charge in [-0.3, -0.25) is 9.80 Å². The fourth-order valence-electron chi connectivity index (χ4n) is 4.40. The number of anilines is 2. The lowest BCUT2D eigenvalue weighted by atomic mass is 10.0. The van der Waals surface area contributed by atoms with E-state index in [0.717, 1.165) is 70.0 Å². The predicted molar refractivity (Wildman–Crippen MR) is 128 cm³/mol. The van der Waals surface area contributed by atoms with Gasteiger partial charge in [-0.25, -0.2) is 4.79 Å². The molecule has 0 spiro atoms. The topological polar surface area (TPSA) is 74.6 Å². The Hall–Kier alpha value is -3.08. The zero-order chi connectivity index (χ0) is 22.3. The van der Waals surface area contributed by atoms with Crippen molar-refractivity contribution in [2.24, 2.45) is 0 Å². The highest BCUT2D eigenvalue weighted by Gasteiger charge is 2.25. The van der Waals surface area contributed by atoms with Gasteiger partial charge in [0, 0.05) is 70.3 Å². The third kappa shape index (κ3) is 5.58. The Morgan fingerprint density at radius 1 is 1.12 bits per heavy atom. The molecule has 0 radical (unpaired) electrons. The summed E-state index contributed by atoms with van der Waals surface area (Å²) in [6, 6.07) is 18.4. The number of hydrogen-bond acceptors (Lipinski definition) is 5. The molecule has 2 aliphatic heterocycles. The first-order chi connectivity index (χ1) is 15.6. The number of benzene rings is 2. The maximum atomic E-state index is 13.0. The predicted octanol–water partition coefficient (Wildman–Crippen LogP) is 3.10. The number of piperidine rings is 1. The molecule has 2 aliphatic rings. The van der Waals surface area contributed by atoms with Gasteiger partial charge < -0.3 is 15.5 Å². The molecule has 0 atom stereocenters. The molecule has 0 bridgehead atoms. The largest absolute Gasteiger partial charge is 0.382 e. The van der Waals surface area contributed by atoms with Crippen LogP contribution in [-0.4, -0.2) is 68.2 Å². The van der Waals surface area contributed by atoms with Crippen LogP contribution in [-0.2, 0) is 6.54 Å². The van der Waals surface area contributed by atoms with E-state index in [1.165, 1.54) is 5.56 Å². The van der Waals surface area contributed by atoms with Crippen LogP contribution in [0.1, 0.15) is 24.0 Å². The monoisotopic (exact) mass is 432 g/mol. The van der Waals surface area contributed by atoms with Gasteiger partial charge in [-0.2, -0.15) is 5.26 Å². The van der Waals surface area contributed by atoms with Crippen LogP contribution >= 0.6 is 0 Å². The molecule has 4 rings (SSSR count). The molecule has 0 unspecified atom stereocenters. The first-order valence-corrected chi connectivity index (χ1v) is 11.4. The van der Waals surface area contributed by atoms with Gasteiger partial charge in [-0.15, -0.1) is 0 Å². The molecule has 2 heterocycles. The lowest BCUT2D eigenvalue weighted by molar-refractivity contribution is 0.191. The van der Waals surface area contributed by atoms with Gasteiger partial charge in [-0.05, 0) is 48.7 Å². The smallest absolute Gasteiger partial charge is 0.324 e. The highest BCUT2D eigenvalue weighted by molar-refractivity contribution is 5.91. The number of amides is 2. The molecule has 2 saturated heterocycles. The standard InChI is InChI=1S/C25H32N6O/c1-29(24-7-5-20(6-8-24)19-30-15-11-27-12-16-30)25(32)31-13-9-22(10-14-31)28-23-4-2-3-21(17-23)18-26/h2-8,17,22,27-28H,9-16,19H2,1H3. The highest BCUT2D eigenvalue weighted by atomic mass is 16.2. The van der Waals surface area contributed by atoms with Crippen molar-refractivity contribution in [3.05, 3.63) is 59.7 Å². The summed E-state index contributed by atoms with van der Waals surface area (Å²) in [4.78, 5) is 19.2. The number of nitriles is 1. The Labute approximate surface area is 190 Å². The van der Waals surface area contributed by atoms with Crippen molar-refractivity contribution in [2.75, 3.05) is 56.5 Å². The van der Waals surface area contributed by atoms with E-state index in [2.05, 4.69) is 33.7 Å². The molecule has 2 fully saturated rings. The van der Waals surface area contributed by atoms with E-state index in [-0.39, 0.29) is 6.03 Å². The molecule has 2 amide bonds. The zero-order valence-corrected chi connectivity index (χ0v) is 18.8. The number of likely N-dealkylation sites (tertiary alicyclic amines) is 1. The third-order valence-electron chi connectivity index (χ3n) is 6.35. The van der Waals surface area contributed by atoms with Crippen molar-refractivity contribution in [3.63, 3.8) is 0 Å². The number of piperazine rings is 1. The number of carbonyl (C=O) groups excluding carboxylic acids is 1. The fourth-order valence-corrected chi connectivity index (χ4v) is 4.40. The normalized spacial score (nSPS) is 17.6. The van der Waals surface area contributed by atoms with Gasteiger partial charge in [0.15, 0.2) is 0 Å². The van der Waals surface area contributed by atoms with Crippen molar-refractivity contribution in [3.8, 4) is 6.07 Å². The Morgan fingerprint density at radius 2 is 1.84 bits per heavy atom. The minimum absolute atomic E-state index is 0.0461. The fraction of sp³-hybridized carbons (Fsp3) is 0.440. The average molecular weight is 433 g/mol. The first kappa shape index (κ1) is 22.1. The molecular formula is C25H32N6O. The van der Waals surface area contributed by atoms with E-state index in [1.54, 1.807) is 11.0 Å². The van der Waals surface area contributed by atoms with Crippen LogP contribution in [0.4, 0.5) is 16.2 Å². The summed E-state index contributed by atoms with van der Waals surface area (Å²) >= 11 is 0. The number of carbonyl (C=O) groups is 1. The average Bonchev–Trinajstić information content (AvgIpc) is 2.85. The van der Waals surface area contributed by atoms with E-state index < -0.39 is 0 Å². The number of hydrogen-bond donors (Lipinski definition) is 2. The van der Waals surface area contributed by atoms with Crippen LogP contribution in [0, 0.1) is 11.3 Å². The van der Waals surface area contributed by atoms with Gasteiger partial charge in [0.1, 0.15) is 0 Å².